The minimum Gasteiger partial charge on any atom is -0.491 e. The maximum absolute atomic E-state index is 11.8. The monoisotopic (exact) mass is 263 g/mol. The topological polar surface area (TPSA) is 44.5 Å². The fourth-order valence-corrected chi connectivity index (χ4v) is 1.45. The molecule has 0 radical (unpaired) electrons. The van der Waals surface area contributed by atoms with Crippen molar-refractivity contribution >= 4 is 0 Å². The predicted octanol–water partition coefficient (Wildman–Crippen LogP) is 2.93. The van der Waals surface area contributed by atoms with Crippen LogP contribution in [-0.2, 0) is 4.74 Å². The Morgan fingerprint density at radius 1 is 1.28 bits per heavy atom. The van der Waals surface area contributed by atoms with Crippen LogP contribution in [0.4, 0.5) is 13.2 Å². The van der Waals surface area contributed by atoms with Crippen LogP contribution >= 0.6 is 0 Å². The summed E-state index contributed by atoms with van der Waals surface area (Å²) < 4.78 is 44.2. The van der Waals surface area contributed by atoms with Crippen LogP contribution in [0, 0.1) is 6.92 Å². The Labute approximate surface area is 104 Å². The van der Waals surface area contributed by atoms with E-state index in [0.717, 1.165) is 11.1 Å². The third kappa shape index (κ3) is 4.93. The quantitative estimate of drug-likeness (QED) is 0.831. The zero-order chi connectivity index (χ0) is 13.8. The van der Waals surface area contributed by atoms with Crippen LogP contribution in [0.1, 0.15) is 24.1 Å². The molecule has 1 aromatic rings. The number of nitrogens with two attached hydrogens (primary N) is 1. The van der Waals surface area contributed by atoms with Crippen molar-refractivity contribution in [3.05, 3.63) is 29.3 Å². The van der Waals surface area contributed by atoms with Gasteiger partial charge in [-0.25, -0.2) is 0 Å². The molecule has 0 amide bonds. The summed E-state index contributed by atoms with van der Waals surface area (Å²) in [4.78, 5) is 0. The van der Waals surface area contributed by atoms with Gasteiger partial charge in [-0.1, -0.05) is 12.1 Å². The van der Waals surface area contributed by atoms with Gasteiger partial charge in [-0.15, -0.1) is 13.2 Å². The zero-order valence-corrected chi connectivity index (χ0v) is 10.3. The van der Waals surface area contributed by atoms with Gasteiger partial charge in [-0.2, -0.15) is 0 Å². The third-order valence-corrected chi connectivity index (χ3v) is 2.27. The molecule has 1 aromatic carbocycles. The molecule has 0 spiro atoms. The summed E-state index contributed by atoms with van der Waals surface area (Å²) >= 11 is 0. The Bertz CT molecular complexity index is 391. The van der Waals surface area contributed by atoms with E-state index in [0.29, 0.717) is 5.75 Å². The van der Waals surface area contributed by atoms with Gasteiger partial charge >= 0.3 is 6.36 Å². The Morgan fingerprint density at radius 2 is 1.94 bits per heavy atom. The van der Waals surface area contributed by atoms with Crippen LogP contribution in [0.25, 0.3) is 0 Å². The van der Waals surface area contributed by atoms with E-state index < -0.39 is 13.0 Å². The second-order valence-electron chi connectivity index (χ2n) is 3.97. The molecule has 0 aromatic heterocycles. The van der Waals surface area contributed by atoms with Crippen LogP contribution in [0.5, 0.6) is 5.75 Å². The van der Waals surface area contributed by atoms with E-state index in [1.165, 1.54) is 0 Å². The largest absolute Gasteiger partial charge is 0.522 e. The van der Waals surface area contributed by atoms with Gasteiger partial charge in [0.05, 0.1) is 6.61 Å². The average Bonchev–Trinajstić information content (AvgIpc) is 2.22. The number of benzene rings is 1. The van der Waals surface area contributed by atoms with E-state index in [1.807, 2.05) is 13.0 Å². The molecule has 0 unspecified atom stereocenters. The average molecular weight is 263 g/mol. The lowest BCUT2D eigenvalue weighted by molar-refractivity contribution is -0.325. The maximum atomic E-state index is 11.8. The van der Waals surface area contributed by atoms with Crippen molar-refractivity contribution in [3.8, 4) is 5.75 Å². The molecular weight excluding hydrogens is 247 g/mol. The van der Waals surface area contributed by atoms with Gasteiger partial charge < -0.3 is 10.5 Å². The SMILES string of the molecule is Cc1ccc([C@H](C)N)c(OCCOC(F)(F)F)c1. The van der Waals surface area contributed by atoms with E-state index in [-0.39, 0.29) is 12.6 Å². The van der Waals surface area contributed by atoms with Gasteiger partial charge in [0.15, 0.2) is 0 Å². The Morgan fingerprint density at radius 3 is 2.50 bits per heavy atom. The first-order valence-corrected chi connectivity index (χ1v) is 5.49. The second kappa shape index (κ2) is 6.06. The molecule has 6 heteroatoms. The number of halogens is 3. The minimum absolute atomic E-state index is 0.178. The van der Waals surface area contributed by atoms with Crippen molar-refractivity contribution in [1.29, 1.82) is 0 Å². The third-order valence-electron chi connectivity index (χ3n) is 2.27. The van der Waals surface area contributed by atoms with Crippen molar-refractivity contribution in [1.82, 2.24) is 0 Å². The predicted molar refractivity (Wildman–Crippen MR) is 61.3 cm³/mol. The zero-order valence-electron chi connectivity index (χ0n) is 10.3. The van der Waals surface area contributed by atoms with Crippen molar-refractivity contribution in [2.75, 3.05) is 13.2 Å². The summed E-state index contributed by atoms with van der Waals surface area (Å²) in [6, 6.07) is 5.17. The molecule has 0 saturated heterocycles. The second-order valence-corrected chi connectivity index (χ2v) is 3.97. The molecule has 18 heavy (non-hydrogen) atoms. The van der Waals surface area contributed by atoms with Gasteiger partial charge in [0.2, 0.25) is 0 Å². The molecule has 0 saturated carbocycles. The summed E-state index contributed by atoms with van der Waals surface area (Å²) in [6.45, 7) is 2.92. The lowest BCUT2D eigenvalue weighted by Gasteiger charge is -2.15. The van der Waals surface area contributed by atoms with Crippen molar-refractivity contribution < 1.29 is 22.6 Å². The highest BCUT2D eigenvalue weighted by Crippen LogP contribution is 2.25. The van der Waals surface area contributed by atoms with Gasteiger partial charge in [-0.05, 0) is 25.5 Å². The van der Waals surface area contributed by atoms with E-state index >= 15 is 0 Å². The molecule has 0 aliphatic heterocycles. The van der Waals surface area contributed by atoms with Crippen LogP contribution < -0.4 is 10.5 Å². The molecule has 2 N–H and O–H groups in total. The van der Waals surface area contributed by atoms with Crippen molar-refractivity contribution in [3.63, 3.8) is 0 Å². The molecule has 3 nitrogen and oxygen atoms in total. The molecule has 1 rings (SSSR count). The highest BCUT2D eigenvalue weighted by Gasteiger charge is 2.28. The van der Waals surface area contributed by atoms with E-state index in [4.69, 9.17) is 10.5 Å². The lowest BCUT2D eigenvalue weighted by atomic mass is 10.1. The molecule has 1 atom stereocenters. The molecule has 0 aliphatic carbocycles. The number of rotatable bonds is 5. The van der Waals surface area contributed by atoms with Gasteiger partial charge in [0.1, 0.15) is 12.4 Å². The van der Waals surface area contributed by atoms with Crippen LogP contribution in [-0.4, -0.2) is 19.6 Å². The van der Waals surface area contributed by atoms with E-state index in [2.05, 4.69) is 4.74 Å². The first-order chi connectivity index (χ1) is 8.29. The van der Waals surface area contributed by atoms with E-state index in [9.17, 15) is 13.2 Å². The van der Waals surface area contributed by atoms with Crippen LogP contribution in [0.2, 0.25) is 0 Å². The lowest BCUT2D eigenvalue weighted by Crippen LogP contribution is -2.18. The Kier molecular flexibility index (Phi) is 4.98. The van der Waals surface area contributed by atoms with Crippen LogP contribution in [0.15, 0.2) is 18.2 Å². The molecule has 0 aliphatic rings. The molecular formula is C12H16F3NO2. The summed E-state index contributed by atoms with van der Waals surface area (Å²) in [7, 11) is 0. The molecule has 0 heterocycles. The number of alkyl halides is 3. The molecule has 0 bridgehead atoms. The summed E-state index contributed by atoms with van der Waals surface area (Å²) in [5.74, 6) is 0.496. The molecule has 0 fully saturated rings. The number of hydrogen-bond acceptors (Lipinski definition) is 3. The van der Waals surface area contributed by atoms with Gasteiger partial charge in [0, 0.05) is 11.6 Å². The number of aryl methyl sites for hydroxylation is 1. The fraction of sp³-hybridized carbons (Fsp3) is 0.500. The smallest absolute Gasteiger partial charge is 0.491 e. The summed E-state index contributed by atoms with van der Waals surface area (Å²) in [5, 5.41) is 0. The van der Waals surface area contributed by atoms with E-state index in [1.54, 1.807) is 19.1 Å². The first-order valence-electron chi connectivity index (χ1n) is 5.49. The van der Waals surface area contributed by atoms with Crippen molar-refractivity contribution in [2.45, 2.75) is 26.3 Å². The number of ether oxygens (including phenoxy) is 2. The van der Waals surface area contributed by atoms with Crippen LogP contribution in [0.3, 0.4) is 0 Å². The highest BCUT2D eigenvalue weighted by molar-refractivity contribution is 5.38. The number of hydrogen-bond donors (Lipinski definition) is 1. The molecule has 102 valence electrons. The standard InChI is InChI=1S/C12H16F3NO2/c1-8-3-4-10(9(2)16)11(7-8)17-5-6-18-12(13,14)15/h3-4,7,9H,5-6,16H2,1-2H3/t9-/m0/s1. The van der Waals surface area contributed by atoms with Gasteiger partial charge in [0.25, 0.3) is 0 Å². The minimum atomic E-state index is -4.63. The van der Waals surface area contributed by atoms with Gasteiger partial charge in [-0.3, -0.25) is 4.74 Å². The fourth-order valence-electron chi connectivity index (χ4n) is 1.45. The normalized spacial score (nSPS) is 13.4. The van der Waals surface area contributed by atoms with Crippen molar-refractivity contribution in [2.24, 2.45) is 5.73 Å². The Balaban J connectivity index is 2.58. The maximum Gasteiger partial charge on any atom is 0.522 e. The Hall–Kier alpha value is -1.27. The summed E-state index contributed by atoms with van der Waals surface area (Å²) in [6.07, 6.45) is -4.63. The first kappa shape index (κ1) is 14.8. The highest BCUT2D eigenvalue weighted by atomic mass is 19.4. The summed E-state index contributed by atoms with van der Waals surface area (Å²) in [5.41, 5.74) is 7.45.